The number of hydrogen-bond donors (Lipinski definition) is 1. The van der Waals surface area contributed by atoms with Gasteiger partial charge in [-0.05, 0) is 50.5 Å². The van der Waals surface area contributed by atoms with Crippen LogP contribution in [0.5, 0.6) is 0 Å². The molecule has 0 unspecified atom stereocenters. The number of aryl methyl sites for hydroxylation is 1. The number of halogens is 3. The minimum Gasteiger partial charge on any atom is -0.386 e. The summed E-state index contributed by atoms with van der Waals surface area (Å²) in [6.45, 7) is 2.98. The maximum Gasteiger partial charge on any atom is 0.396 e. The molecule has 3 aromatic rings. The number of imidazole rings is 1. The quantitative estimate of drug-likeness (QED) is 0.715. The van der Waals surface area contributed by atoms with E-state index in [0.717, 1.165) is 5.56 Å². The van der Waals surface area contributed by atoms with E-state index in [0.29, 0.717) is 22.4 Å². The fourth-order valence-corrected chi connectivity index (χ4v) is 3.63. The molecule has 2 aromatic heterocycles. The molecular weight excluding hydrogens is 383 g/mol. The maximum absolute atomic E-state index is 13.4. The lowest BCUT2D eigenvalue weighted by Crippen LogP contribution is -2.33. The molecule has 0 amide bonds. The molecule has 5 nitrogen and oxygen atoms in total. The third-order valence-electron chi connectivity index (χ3n) is 5.76. The van der Waals surface area contributed by atoms with Gasteiger partial charge in [0.25, 0.3) is 0 Å². The first-order chi connectivity index (χ1) is 13.4. The summed E-state index contributed by atoms with van der Waals surface area (Å²) in [7, 11) is 1.51. The van der Waals surface area contributed by atoms with Crippen LogP contribution in [-0.2, 0) is 19.2 Å². The van der Waals surface area contributed by atoms with Gasteiger partial charge < -0.3 is 5.11 Å². The van der Waals surface area contributed by atoms with Crippen LogP contribution in [0, 0.1) is 5.41 Å². The van der Waals surface area contributed by atoms with E-state index in [2.05, 4.69) is 4.98 Å². The fourth-order valence-electron chi connectivity index (χ4n) is 3.63. The van der Waals surface area contributed by atoms with Crippen molar-refractivity contribution in [2.45, 2.75) is 45.0 Å². The predicted octanol–water partition coefficient (Wildman–Crippen LogP) is 3.97. The molecule has 0 radical (unpaired) electrons. The Morgan fingerprint density at radius 2 is 1.86 bits per heavy atom. The third kappa shape index (κ3) is 3.25. The average molecular weight is 405 g/mol. The lowest BCUT2D eigenvalue weighted by molar-refractivity contribution is -0.190. The van der Waals surface area contributed by atoms with Gasteiger partial charge >= 0.3 is 11.9 Å². The van der Waals surface area contributed by atoms with Crippen LogP contribution in [0.25, 0.3) is 22.4 Å². The van der Waals surface area contributed by atoms with Crippen molar-refractivity contribution in [2.75, 3.05) is 0 Å². The van der Waals surface area contributed by atoms with E-state index in [-0.39, 0.29) is 19.4 Å². The lowest BCUT2D eigenvalue weighted by Gasteiger charge is -2.19. The van der Waals surface area contributed by atoms with E-state index in [1.165, 1.54) is 16.2 Å². The van der Waals surface area contributed by atoms with Gasteiger partial charge in [0.15, 0.2) is 5.65 Å². The Morgan fingerprint density at radius 3 is 2.45 bits per heavy atom. The first-order valence-corrected chi connectivity index (χ1v) is 9.39. The van der Waals surface area contributed by atoms with Crippen molar-refractivity contribution in [3.05, 3.63) is 52.4 Å². The topological polar surface area (TPSA) is 60.0 Å². The van der Waals surface area contributed by atoms with Gasteiger partial charge in [-0.15, -0.1) is 0 Å². The summed E-state index contributed by atoms with van der Waals surface area (Å²) in [5, 5.41) is 10.2. The highest BCUT2D eigenvalue weighted by Gasteiger charge is 2.63. The molecule has 4 rings (SSSR count). The summed E-state index contributed by atoms with van der Waals surface area (Å²) >= 11 is 0. The van der Waals surface area contributed by atoms with E-state index in [1.54, 1.807) is 38.1 Å². The highest BCUT2D eigenvalue weighted by Crippen LogP contribution is 2.58. The Bertz CT molecular complexity index is 1150. The van der Waals surface area contributed by atoms with E-state index >= 15 is 0 Å². The van der Waals surface area contributed by atoms with Crippen molar-refractivity contribution in [3.8, 4) is 11.3 Å². The van der Waals surface area contributed by atoms with Gasteiger partial charge in [0.2, 0.25) is 0 Å². The minimum atomic E-state index is -4.33. The highest BCUT2D eigenvalue weighted by molar-refractivity contribution is 5.76. The molecule has 0 atom stereocenters. The molecule has 0 bridgehead atoms. The molecule has 1 N–H and O–H groups in total. The summed E-state index contributed by atoms with van der Waals surface area (Å²) in [6, 6.07) is 10.6. The molecule has 1 aliphatic rings. The smallest absolute Gasteiger partial charge is 0.386 e. The van der Waals surface area contributed by atoms with Crippen LogP contribution in [-0.4, -0.2) is 25.4 Å². The number of hydrogen-bond acceptors (Lipinski definition) is 3. The summed E-state index contributed by atoms with van der Waals surface area (Å²) in [5.74, 6) is 0. The molecule has 1 fully saturated rings. The van der Waals surface area contributed by atoms with E-state index < -0.39 is 22.9 Å². The zero-order valence-electron chi connectivity index (χ0n) is 16.4. The first-order valence-electron chi connectivity index (χ1n) is 9.39. The van der Waals surface area contributed by atoms with Crippen LogP contribution in [0.2, 0.25) is 0 Å². The average Bonchev–Trinajstić information content (AvgIpc) is 3.41. The SMILES string of the molecule is Cn1c(=O)n(CC2(C(F)(F)F)CC2)c2ccc(-c3cccc(C(C)(C)O)c3)nc21. The maximum atomic E-state index is 13.4. The Balaban J connectivity index is 1.79. The van der Waals surface area contributed by atoms with Crippen molar-refractivity contribution in [2.24, 2.45) is 12.5 Å². The molecule has 1 aromatic carbocycles. The van der Waals surface area contributed by atoms with Gasteiger partial charge in [-0.3, -0.25) is 9.13 Å². The molecule has 154 valence electrons. The van der Waals surface area contributed by atoms with Gasteiger partial charge in [-0.25, -0.2) is 9.78 Å². The molecule has 0 aliphatic heterocycles. The number of rotatable bonds is 4. The first kappa shape index (κ1) is 19.7. The van der Waals surface area contributed by atoms with Crippen molar-refractivity contribution in [1.29, 1.82) is 0 Å². The Morgan fingerprint density at radius 1 is 1.17 bits per heavy atom. The van der Waals surface area contributed by atoms with Crippen LogP contribution in [0.1, 0.15) is 32.3 Å². The second-order valence-electron chi connectivity index (χ2n) is 8.38. The van der Waals surface area contributed by atoms with E-state index in [9.17, 15) is 23.1 Å². The molecule has 8 heteroatoms. The largest absolute Gasteiger partial charge is 0.396 e. The zero-order chi connectivity index (χ0) is 21.2. The van der Waals surface area contributed by atoms with Crippen LogP contribution in [0.3, 0.4) is 0 Å². The second-order valence-corrected chi connectivity index (χ2v) is 8.38. The summed E-state index contributed by atoms with van der Waals surface area (Å²) in [5.41, 5.74) is -0.588. The lowest BCUT2D eigenvalue weighted by atomic mass is 9.95. The van der Waals surface area contributed by atoms with Crippen molar-refractivity contribution >= 4 is 11.2 Å². The monoisotopic (exact) mass is 405 g/mol. The van der Waals surface area contributed by atoms with E-state index in [1.807, 2.05) is 12.1 Å². The molecule has 0 spiro atoms. The summed E-state index contributed by atoms with van der Waals surface area (Å²) < 4.78 is 42.6. The van der Waals surface area contributed by atoms with Crippen LogP contribution in [0.15, 0.2) is 41.2 Å². The molecule has 2 heterocycles. The number of pyridine rings is 1. The Hall–Kier alpha value is -2.61. The van der Waals surface area contributed by atoms with Crippen molar-refractivity contribution in [3.63, 3.8) is 0 Å². The standard InChI is InChI=1S/C21H22F3N3O2/c1-19(2,29)14-6-4-5-13(11-14)15-7-8-16-17(25-15)26(3)18(28)27(16)12-20(9-10-20)21(22,23)24/h4-8,11,29H,9-10,12H2,1-3H3. The fraction of sp³-hybridized carbons (Fsp3) is 0.429. The van der Waals surface area contributed by atoms with Gasteiger partial charge in [0.05, 0.1) is 22.2 Å². The number of fused-ring (bicyclic) bond motifs is 1. The molecule has 1 aliphatic carbocycles. The van der Waals surface area contributed by atoms with E-state index in [4.69, 9.17) is 0 Å². The van der Waals surface area contributed by atoms with Crippen molar-refractivity contribution < 1.29 is 18.3 Å². The van der Waals surface area contributed by atoms with Gasteiger partial charge in [0.1, 0.15) is 0 Å². The van der Waals surface area contributed by atoms with Crippen LogP contribution >= 0.6 is 0 Å². The van der Waals surface area contributed by atoms with Gasteiger partial charge in [-0.1, -0.05) is 18.2 Å². The van der Waals surface area contributed by atoms with Crippen LogP contribution in [0.4, 0.5) is 13.2 Å². The molecular formula is C21H22F3N3O2. The number of benzene rings is 1. The second kappa shape index (κ2) is 6.19. The molecule has 29 heavy (non-hydrogen) atoms. The summed E-state index contributed by atoms with van der Waals surface area (Å²) in [6.07, 6.45) is -4.26. The number of aliphatic hydroxyl groups is 1. The van der Waals surface area contributed by atoms with Gasteiger partial charge in [-0.2, -0.15) is 13.2 Å². The third-order valence-corrected chi connectivity index (χ3v) is 5.76. The molecule has 1 saturated carbocycles. The minimum absolute atomic E-state index is 0.0363. The highest BCUT2D eigenvalue weighted by atomic mass is 19.4. The zero-order valence-corrected chi connectivity index (χ0v) is 16.4. The van der Waals surface area contributed by atoms with Crippen LogP contribution < -0.4 is 5.69 Å². The Kier molecular flexibility index (Phi) is 4.21. The molecule has 0 saturated heterocycles. The number of aromatic nitrogens is 3. The van der Waals surface area contributed by atoms with Gasteiger partial charge in [0, 0.05) is 19.2 Å². The van der Waals surface area contributed by atoms with Crippen molar-refractivity contribution in [1.82, 2.24) is 14.1 Å². The Labute approximate surface area is 165 Å². The summed E-state index contributed by atoms with van der Waals surface area (Å²) in [4.78, 5) is 17.2. The number of alkyl halides is 3. The normalized spacial score (nSPS) is 16.4. The number of nitrogens with zero attached hydrogens (tertiary/aromatic N) is 3. The predicted molar refractivity (Wildman–Crippen MR) is 103 cm³/mol.